The van der Waals surface area contributed by atoms with Gasteiger partial charge in [-0.05, 0) is 61.9 Å². The van der Waals surface area contributed by atoms with E-state index < -0.39 is 12.0 Å². The molecule has 0 fully saturated rings. The molecule has 1 aromatic heterocycles. The molecule has 4 aromatic carbocycles. The fourth-order valence-corrected chi connectivity index (χ4v) is 6.66. The minimum Gasteiger partial charge on any atom is -0.494 e. The van der Waals surface area contributed by atoms with E-state index in [4.69, 9.17) is 30.8 Å². The number of aromatic nitrogens is 1. The number of ether oxygens (including phenoxy) is 3. The fourth-order valence-electron chi connectivity index (χ4n) is 5.48. The molecule has 0 N–H and O–H groups in total. The quantitative estimate of drug-likeness (QED) is 0.158. The first-order valence-corrected chi connectivity index (χ1v) is 16.5. The lowest BCUT2D eigenvalue weighted by atomic mass is 9.93. The summed E-state index contributed by atoms with van der Waals surface area (Å²) in [5, 5.41) is 9.98. The summed E-state index contributed by atoms with van der Waals surface area (Å²) >= 11 is 7.62. The van der Waals surface area contributed by atoms with Crippen molar-refractivity contribution in [3.63, 3.8) is 0 Å². The van der Waals surface area contributed by atoms with Crippen LogP contribution in [-0.2, 0) is 16.1 Å². The Kier molecular flexibility index (Phi) is 9.86. The van der Waals surface area contributed by atoms with Gasteiger partial charge in [0.05, 0.1) is 46.7 Å². The zero-order valence-corrected chi connectivity index (χ0v) is 27.8. The highest BCUT2D eigenvalue weighted by molar-refractivity contribution is 7.07. The number of halogens is 1. The van der Waals surface area contributed by atoms with Crippen molar-refractivity contribution < 1.29 is 19.0 Å². The predicted molar refractivity (Wildman–Crippen MR) is 186 cm³/mol. The van der Waals surface area contributed by atoms with Crippen molar-refractivity contribution in [3.05, 3.63) is 155 Å². The molecule has 10 heteroatoms. The normalized spacial score (nSPS) is 14.1. The molecule has 0 amide bonds. The van der Waals surface area contributed by atoms with Crippen LogP contribution in [0.1, 0.15) is 47.7 Å². The molecule has 8 nitrogen and oxygen atoms in total. The SMILES string of the molecule is CCOC(=O)C1=C(c2ccccc2)N=c2s/c(=C\c3cc(Cl)ccc3OCc3ccccc3C#N)c(=O)n2[C@@H]1c1ccc(OCC)cc1. The molecular formula is C38H30ClN3O5S. The van der Waals surface area contributed by atoms with Crippen molar-refractivity contribution in [1.82, 2.24) is 4.57 Å². The summed E-state index contributed by atoms with van der Waals surface area (Å²) in [6.07, 6.45) is 1.72. The van der Waals surface area contributed by atoms with Gasteiger partial charge in [-0.3, -0.25) is 9.36 Å². The summed E-state index contributed by atoms with van der Waals surface area (Å²) in [6, 6.07) is 30.4. The maximum absolute atomic E-state index is 14.4. The molecule has 48 heavy (non-hydrogen) atoms. The number of rotatable bonds is 10. The molecule has 1 aliphatic heterocycles. The van der Waals surface area contributed by atoms with Crippen LogP contribution in [0.3, 0.4) is 0 Å². The number of carbonyl (C=O) groups excluding carboxylic acids is 1. The van der Waals surface area contributed by atoms with E-state index in [0.717, 1.165) is 11.1 Å². The topological polar surface area (TPSA) is 103 Å². The van der Waals surface area contributed by atoms with E-state index in [0.29, 0.717) is 54.8 Å². The molecule has 1 aliphatic rings. The minimum absolute atomic E-state index is 0.147. The van der Waals surface area contributed by atoms with Crippen LogP contribution in [-0.4, -0.2) is 23.8 Å². The molecule has 0 radical (unpaired) electrons. The third kappa shape index (κ3) is 6.67. The van der Waals surface area contributed by atoms with E-state index in [1.54, 1.807) is 47.9 Å². The molecule has 240 valence electrons. The van der Waals surface area contributed by atoms with Gasteiger partial charge in [-0.2, -0.15) is 5.26 Å². The highest BCUT2D eigenvalue weighted by atomic mass is 35.5. The summed E-state index contributed by atoms with van der Waals surface area (Å²) in [4.78, 5) is 33.4. The third-order valence-corrected chi connectivity index (χ3v) is 8.88. The Labute approximate surface area is 286 Å². The Balaban J connectivity index is 1.53. The number of nitriles is 1. The molecule has 5 aromatic rings. The van der Waals surface area contributed by atoms with Crippen molar-refractivity contribution in [2.24, 2.45) is 4.99 Å². The lowest BCUT2D eigenvalue weighted by molar-refractivity contribution is -0.138. The van der Waals surface area contributed by atoms with Gasteiger partial charge >= 0.3 is 5.97 Å². The van der Waals surface area contributed by atoms with Crippen molar-refractivity contribution >= 4 is 40.7 Å². The van der Waals surface area contributed by atoms with Gasteiger partial charge in [0.2, 0.25) is 0 Å². The van der Waals surface area contributed by atoms with Crippen LogP contribution in [0.2, 0.25) is 5.02 Å². The number of thiazole rings is 1. The average Bonchev–Trinajstić information content (AvgIpc) is 3.42. The second-order valence-corrected chi connectivity index (χ2v) is 12.1. The van der Waals surface area contributed by atoms with Crippen LogP contribution in [0.25, 0.3) is 11.8 Å². The van der Waals surface area contributed by atoms with Crippen LogP contribution in [0.15, 0.2) is 112 Å². The number of hydrogen-bond donors (Lipinski definition) is 0. The highest BCUT2D eigenvalue weighted by Crippen LogP contribution is 2.36. The van der Waals surface area contributed by atoms with Gasteiger partial charge in [-0.15, -0.1) is 0 Å². The molecule has 6 rings (SSSR count). The first kappa shape index (κ1) is 32.5. The second kappa shape index (κ2) is 14.6. The molecule has 0 bridgehead atoms. The van der Waals surface area contributed by atoms with E-state index in [2.05, 4.69) is 6.07 Å². The van der Waals surface area contributed by atoms with Crippen molar-refractivity contribution in [2.75, 3.05) is 13.2 Å². The van der Waals surface area contributed by atoms with Crippen LogP contribution in [0.4, 0.5) is 0 Å². The van der Waals surface area contributed by atoms with Crippen LogP contribution in [0.5, 0.6) is 11.5 Å². The van der Waals surface area contributed by atoms with E-state index in [1.165, 1.54) is 11.3 Å². The molecule has 0 aliphatic carbocycles. The van der Waals surface area contributed by atoms with Gasteiger partial charge in [0.25, 0.3) is 5.56 Å². The zero-order chi connectivity index (χ0) is 33.6. The number of benzene rings is 4. The Hall–Kier alpha value is -5.43. The van der Waals surface area contributed by atoms with Crippen molar-refractivity contribution in [1.29, 1.82) is 5.26 Å². The number of carbonyl (C=O) groups is 1. The first-order valence-electron chi connectivity index (χ1n) is 15.3. The minimum atomic E-state index is -0.828. The predicted octanol–water partition coefficient (Wildman–Crippen LogP) is 6.44. The summed E-state index contributed by atoms with van der Waals surface area (Å²) < 4.78 is 19.3. The van der Waals surface area contributed by atoms with Gasteiger partial charge in [0.15, 0.2) is 4.80 Å². The molecule has 2 heterocycles. The number of hydrogen-bond acceptors (Lipinski definition) is 8. The number of nitrogens with zero attached hydrogens (tertiary/aromatic N) is 3. The second-order valence-electron chi connectivity index (χ2n) is 10.7. The van der Waals surface area contributed by atoms with E-state index in [-0.39, 0.29) is 24.3 Å². The van der Waals surface area contributed by atoms with Crippen LogP contribution < -0.4 is 24.4 Å². The average molecular weight is 676 g/mol. The Bertz CT molecular complexity index is 2240. The zero-order valence-electron chi connectivity index (χ0n) is 26.2. The standard InChI is InChI=1S/C38H30ClN3O5S/c1-3-45-30-17-14-25(15-18-30)35-33(37(44)46-4-2)34(24-10-6-5-7-11-24)41-38-42(35)36(43)32(48-38)21-28-20-29(39)16-19-31(28)47-23-27-13-9-8-12-26(27)22-40/h5-21,35H,3-4,23H2,1-2H3/b32-21-/t35-/m1/s1. The fraction of sp³-hybridized carbons (Fsp3) is 0.158. The lowest BCUT2D eigenvalue weighted by Crippen LogP contribution is -2.40. The molecule has 0 spiro atoms. The monoisotopic (exact) mass is 675 g/mol. The van der Waals surface area contributed by atoms with Crippen LogP contribution in [0, 0.1) is 11.3 Å². The van der Waals surface area contributed by atoms with Gasteiger partial charge < -0.3 is 14.2 Å². The third-order valence-electron chi connectivity index (χ3n) is 7.66. The largest absolute Gasteiger partial charge is 0.494 e. The molecule has 1 atom stereocenters. The highest BCUT2D eigenvalue weighted by Gasteiger charge is 2.35. The Morgan fingerprint density at radius 3 is 2.46 bits per heavy atom. The Morgan fingerprint density at radius 2 is 1.73 bits per heavy atom. The molecule has 0 saturated carbocycles. The van der Waals surface area contributed by atoms with Crippen molar-refractivity contribution in [3.8, 4) is 17.6 Å². The van der Waals surface area contributed by atoms with Crippen molar-refractivity contribution in [2.45, 2.75) is 26.5 Å². The number of esters is 1. The molecule has 0 saturated heterocycles. The Morgan fingerprint density at radius 1 is 0.979 bits per heavy atom. The summed E-state index contributed by atoms with van der Waals surface area (Å²) in [6.45, 7) is 4.45. The summed E-state index contributed by atoms with van der Waals surface area (Å²) in [7, 11) is 0. The summed E-state index contributed by atoms with van der Waals surface area (Å²) in [5.74, 6) is 0.596. The maximum Gasteiger partial charge on any atom is 0.338 e. The van der Waals surface area contributed by atoms with Gasteiger partial charge in [-0.25, -0.2) is 9.79 Å². The first-order chi connectivity index (χ1) is 23.4. The summed E-state index contributed by atoms with van der Waals surface area (Å²) in [5.41, 5.74) is 3.59. The van der Waals surface area contributed by atoms with Gasteiger partial charge in [-0.1, -0.05) is 83.6 Å². The number of fused-ring (bicyclic) bond motifs is 1. The molecule has 0 unspecified atom stereocenters. The van der Waals surface area contributed by atoms with E-state index >= 15 is 0 Å². The van der Waals surface area contributed by atoms with Gasteiger partial charge in [0.1, 0.15) is 18.1 Å². The smallest absolute Gasteiger partial charge is 0.338 e. The van der Waals surface area contributed by atoms with E-state index in [9.17, 15) is 14.9 Å². The van der Waals surface area contributed by atoms with Crippen LogP contribution >= 0.6 is 22.9 Å². The van der Waals surface area contributed by atoms with E-state index in [1.807, 2.05) is 73.7 Å². The molecular weight excluding hydrogens is 646 g/mol. The maximum atomic E-state index is 14.4. The lowest BCUT2D eigenvalue weighted by Gasteiger charge is -2.26. The van der Waals surface area contributed by atoms with Gasteiger partial charge in [0, 0.05) is 21.7 Å².